The van der Waals surface area contributed by atoms with Crippen LogP contribution in [-0.2, 0) is 16.0 Å². The number of aromatic nitrogens is 2. The van der Waals surface area contributed by atoms with Gasteiger partial charge in [-0.25, -0.2) is 4.68 Å². The number of amides is 1. The topological polar surface area (TPSA) is 84.2 Å². The summed E-state index contributed by atoms with van der Waals surface area (Å²) in [4.78, 5) is 24.1. The molecule has 0 saturated heterocycles. The summed E-state index contributed by atoms with van der Waals surface area (Å²) in [5, 5.41) is 16.8. The van der Waals surface area contributed by atoms with Gasteiger partial charge in [0.25, 0.3) is 0 Å². The highest BCUT2D eigenvalue weighted by Gasteiger charge is 2.21. The molecule has 0 radical (unpaired) electrons. The second-order valence-electron chi connectivity index (χ2n) is 6.68. The van der Waals surface area contributed by atoms with Crippen LogP contribution in [-0.4, -0.2) is 33.3 Å². The highest BCUT2D eigenvalue weighted by Crippen LogP contribution is 2.19. The molecular weight excluding hydrogens is 354 g/mol. The molecule has 0 aliphatic carbocycles. The molecule has 0 saturated carbocycles. The summed E-state index contributed by atoms with van der Waals surface area (Å²) in [5.74, 6) is -1.96. The van der Waals surface area contributed by atoms with Gasteiger partial charge in [0, 0.05) is 17.8 Å². The lowest BCUT2D eigenvalue weighted by atomic mass is 9.99. The normalized spacial score (nSPS) is 11.8. The van der Waals surface area contributed by atoms with Crippen molar-refractivity contribution in [2.45, 2.75) is 26.2 Å². The van der Waals surface area contributed by atoms with E-state index in [1.54, 1.807) is 24.3 Å². The molecule has 28 heavy (non-hydrogen) atoms. The third kappa shape index (κ3) is 4.28. The molecule has 144 valence electrons. The number of carboxylic acids is 1. The molecule has 2 N–H and O–H groups in total. The van der Waals surface area contributed by atoms with Crippen LogP contribution in [0.1, 0.15) is 28.4 Å². The Kier molecular flexibility index (Phi) is 5.89. The number of nitrogens with zero attached hydrogens (tertiary/aromatic N) is 2. The van der Waals surface area contributed by atoms with Crippen LogP contribution in [0.15, 0.2) is 60.7 Å². The predicted octanol–water partition coefficient (Wildman–Crippen LogP) is 3.02. The minimum atomic E-state index is -0.962. The van der Waals surface area contributed by atoms with E-state index in [1.165, 1.54) is 0 Å². The molecule has 0 aliphatic heterocycles. The number of benzene rings is 2. The number of carbonyl (C=O) groups is 2. The number of hydrogen-bond acceptors (Lipinski definition) is 3. The van der Waals surface area contributed by atoms with Gasteiger partial charge in [-0.3, -0.25) is 9.59 Å². The maximum absolute atomic E-state index is 12.5. The first kappa shape index (κ1) is 19.4. The van der Waals surface area contributed by atoms with Crippen molar-refractivity contribution in [2.75, 3.05) is 6.54 Å². The van der Waals surface area contributed by atoms with Gasteiger partial charge in [-0.2, -0.15) is 5.10 Å². The van der Waals surface area contributed by atoms with E-state index in [0.29, 0.717) is 5.56 Å². The standard InChI is InChI=1S/C22H23N3O3/c1-15-19(16(2)25(24-15)18-11-7-4-8-12-18)13-21(26)23-14-20(22(27)28)17-9-5-3-6-10-17/h3-12,20H,13-14H2,1-2H3,(H,23,26)(H,27,28)/t20-/m1/s1. The number of nitrogens with one attached hydrogen (secondary N) is 1. The monoisotopic (exact) mass is 377 g/mol. The highest BCUT2D eigenvalue weighted by atomic mass is 16.4. The molecule has 0 aliphatic rings. The minimum absolute atomic E-state index is 0.0447. The molecular formula is C22H23N3O3. The maximum Gasteiger partial charge on any atom is 0.312 e. The van der Waals surface area contributed by atoms with Crippen LogP contribution in [0.4, 0.5) is 0 Å². The van der Waals surface area contributed by atoms with Crippen molar-refractivity contribution in [1.82, 2.24) is 15.1 Å². The van der Waals surface area contributed by atoms with Gasteiger partial charge in [-0.05, 0) is 31.5 Å². The van der Waals surface area contributed by atoms with Crippen LogP contribution >= 0.6 is 0 Å². The Hall–Kier alpha value is -3.41. The Labute approximate surface area is 163 Å². The van der Waals surface area contributed by atoms with Gasteiger partial charge in [0.2, 0.25) is 5.91 Å². The zero-order valence-corrected chi connectivity index (χ0v) is 15.9. The molecule has 0 bridgehead atoms. The second kappa shape index (κ2) is 8.52. The Morgan fingerprint density at radius 1 is 1.04 bits per heavy atom. The molecule has 1 atom stereocenters. The number of hydrogen-bond donors (Lipinski definition) is 2. The van der Waals surface area contributed by atoms with Gasteiger partial charge in [-0.1, -0.05) is 48.5 Å². The lowest BCUT2D eigenvalue weighted by molar-refractivity contribution is -0.138. The van der Waals surface area contributed by atoms with Crippen molar-refractivity contribution in [2.24, 2.45) is 0 Å². The van der Waals surface area contributed by atoms with Crippen molar-refractivity contribution >= 4 is 11.9 Å². The van der Waals surface area contributed by atoms with E-state index in [2.05, 4.69) is 10.4 Å². The first-order valence-electron chi connectivity index (χ1n) is 9.12. The SMILES string of the molecule is Cc1nn(-c2ccccc2)c(C)c1CC(=O)NC[C@@H](C(=O)O)c1ccccc1. The van der Waals surface area contributed by atoms with Gasteiger partial charge < -0.3 is 10.4 Å². The van der Waals surface area contributed by atoms with Gasteiger partial charge in [0.1, 0.15) is 0 Å². The summed E-state index contributed by atoms with van der Waals surface area (Å²) in [6.07, 6.45) is 0.158. The van der Waals surface area contributed by atoms with Crippen molar-refractivity contribution in [3.63, 3.8) is 0 Å². The molecule has 1 amide bonds. The maximum atomic E-state index is 12.5. The zero-order chi connectivity index (χ0) is 20.1. The fraction of sp³-hybridized carbons (Fsp3) is 0.227. The smallest absolute Gasteiger partial charge is 0.312 e. The molecule has 0 fully saturated rings. The second-order valence-corrected chi connectivity index (χ2v) is 6.68. The number of rotatable bonds is 7. The van der Waals surface area contributed by atoms with E-state index in [4.69, 9.17) is 0 Å². The Morgan fingerprint density at radius 3 is 2.25 bits per heavy atom. The van der Waals surface area contributed by atoms with Crippen LogP contribution in [0.25, 0.3) is 5.69 Å². The Balaban J connectivity index is 1.70. The van der Waals surface area contributed by atoms with Gasteiger partial charge in [0.15, 0.2) is 0 Å². The first-order chi connectivity index (χ1) is 13.5. The fourth-order valence-electron chi connectivity index (χ4n) is 3.22. The van der Waals surface area contributed by atoms with E-state index >= 15 is 0 Å². The molecule has 0 unspecified atom stereocenters. The molecule has 0 spiro atoms. The average Bonchev–Trinajstić information content (AvgIpc) is 2.97. The van der Waals surface area contributed by atoms with E-state index in [1.807, 2.05) is 54.9 Å². The third-order valence-electron chi connectivity index (χ3n) is 4.78. The van der Waals surface area contributed by atoms with Crippen LogP contribution in [0.5, 0.6) is 0 Å². The summed E-state index contributed by atoms with van der Waals surface area (Å²) in [6, 6.07) is 18.6. The molecule has 6 heteroatoms. The highest BCUT2D eigenvalue weighted by molar-refractivity contribution is 5.81. The lowest BCUT2D eigenvalue weighted by Gasteiger charge is -2.14. The van der Waals surface area contributed by atoms with Crippen molar-refractivity contribution < 1.29 is 14.7 Å². The Morgan fingerprint density at radius 2 is 1.64 bits per heavy atom. The molecule has 2 aromatic carbocycles. The van der Waals surface area contributed by atoms with Crippen molar-refractivity contribution in [3.8, 4) is 5.69 Å². The third-order valence-corrected chi connectivity index (χ3v) is 4.78. The quantitative estimate of drug-likeness (QED) is 0.663. The van der Waals surface area contributed by atoms with Gasteiger partial charge in [-0.15, -0.1) is 0 Å². The molecule has 3 aromatic rings. The number of carboxylic acid groups (broad SMARTS) is 1. The first-order valence-corrected chi connectivity index (χ1v) is 9.12. The van der Waals surface area contributed by atoms with E-state index in [-0.39, 0.29) is 18.9 Å². The van der Waals surface area contributed by atoms with Crippen LogP contribution in [0.2, 0.25) is 0 Å². The molecule has 6 nitrogen and oxygen atoms in total. The van der Waals surface area contributed by atoms with Gasteiger partial charge in [0.05, 0.1) is 23.7 Å². The van der Waals surface area contributed by atoms with Crippen LogP contribution in [0.3, 0.4) is 0 Å². The largest absolute Gasteiger partial charge is 0.481 e. The van der Waals surface area contributed by atoms with Crippen LogP contribution in [0, 0.1) is 13.8 Å². The summed E-state index contributed by atoms with van der Waals surface area (Å²) in [5.41, 5.74) is 4.14. The molecule has 1 aromatic heterocycles. The number of aryl methyl sites for hydroxylation is 1. The predicted molar refractivity (Wildman–Crippen MR) is 107 cm³/mol. The number of carbonyl (C=O) groups excluding carboxylic acids is 1. The van der Waals surface area contributed by atoms with Crippen LogP contribution < -0.4 is 5.32 Å². The summed E-state index contributed by atoms with van der Waals surface area (Å²) in [7, 11) is 0. The fourth-order valence-corrected chi connectivity index (χ4v) is 3.22. The van der Waals surface area contributed by atoms with E-state index in [0.717, 1.165) is 22.6 Å². The Bertz CT molecular complexity index is 965. The minimum Gasteiger partial charge on any atom is -0.481 e. The molecule has 3 rings (SSSR count). The van der Waals surface area contributed by atoms with E-state index < -0.39 is 11.9 Å². The summed E-state index contributed by atoms with van der Waals surface area (Å²) < 4.78 is 1.82. The van der Waals surface area contributed by atoms with Gasteiger partial charge >= 0.3 is 5.97 Å². The number of para-hydroxylation sites is 1. The number of aliphatic carboxylic acids is 1. The summed E-state index contributed by atoms with van der Waals surface area (Å²) >= 11 is 0. The lowest BCUT2D eigenvalue weighted by Crippen LogP contribution is -2.32. The molecule has 1 heterocycles. The zero-order valence-electron chi connectivity index (χ0n) is 15.9. The summed E-state index contributed by atoms with van der Waals surface area (Å²) in [6.45, 7) is 3.85. The van der Waals surface area contributed by atoms with E-state index in [9.17, 15) is 14.7 Å². The van der Waals surface area contributed by atoms with Crippen molar-refractivity contribution in [3.05, 3.63) is 83.2 Å². The average molecular weight is 377 g/mol. The van der Waals surface area contributed by atoms with Crippen molar-refractivity contribution in [1.29, 1.82) is 0 Å².